The van der Waals surface area contributed by atoms with Crippen LogP contribution in [-0.2, 0) is 6.54 Å². The highest BCUT2D eigenvalue weighted by Gasteiger charge is 1.96. The predicted octanol–water partition coefficient (Wildman–Crippen LogP) is 3.98. The van der Waals surface area contributed by atoms with Crippen LogP contribution in [0.15, 0.2) is 35.0 Å². The smallest absolute Gasteiger partial charge is 0.0409 e. The molecule has 2 heteroatoms. The first-order valence-electron chi connectivity index (χ1n) is 5.08. The minimum atomic E-state index is 0.909. The quantitative estimate of drug-likeness (QED) is 0.820. The molecule has 0 saturated carbocycles. The first kappa shape index (κ1) is 10.2. The minimum absolute atomic E-state index is 0.909. The summed E-state index contributed by atoms with van der Waals surface area (Å²) in [5.41, 5.74) is 5.23. The molecule has 0 atom stereocenters. The van der Waals surface area contributed by atoms with Crippen molar-refractivity contribution in [2.45, 2.75) is 20.4 Å². The van der Waals surface area contributed by atoms with Crippen LogP contribution in [0.1, 0.15) is 16.7 Å². The fourth-order valence-corrected chi connectivity index (χ4v) is 2.12. The van der Waals surface area contributed by atoms with E-state index in [9.17, 15) is 0 Å². The third kappa shape index (κ3) is 2.60. The molecule has 0 amide bonds. The number of rotatable bonds is 3. The molecule has 0 fully saturated rings. The lowest BCUT2D eigenvalue weighted by atomic mass is 10.1. The van der Waals surface area contributed by atoms with Gasteiger partial charge in [-0.15, -0.1) is 0 Å². The van der Waals surface area contributed by atoms with Crippen LogP contribution in [0.2, 0.25) is 0 Å². The second-order valence-corrected chi connectivity index (χ2v) is 4.56. The summed E-state index contributed by atoms with van der Waals surface area (Å²) in [6.07, 6.45) is 0. The first-order chi connectivity index (χ1) is 7.25. The molecule has 1 aromatic heterocycles. The fraction of sp³-hybridized carbons (Fsp3) is 0.231. The average molecular weight is 217 g/mol. The van der Waals surface area contributed by atoms with Gasteiger partial charge in [-0.05, 0) is 59.5 Å². The summed E-state index contributed by atoms with van der Waals surface area (Å²) in [7, 11) is 0. The number of aryl methyl sites for hydroxylation is 2. The molecule has 0 bridgehead atoms. The molecular formula is C13H15NS. The predicted molar refractivity (Wildman–Crippen MR) is 67.6 cm³/mol. The van der Waals surface area contributed by atoms with Crippen LogP contribution in [0, 0.1) is 13.8 Å². The van der Waals surface area contributed by atoms with Crippen molar-refractivity contribution >= 4 is 17.0 Å². The lowest BCUT2D eigenvalue weighted by Gasteiger charge is -2.07. The Hall–Kier alpha value is -1.28. The van der Waals surface area contributed by atoms with Gasteiger partial charge in [-0.2, -0.15) is 11.3 Å². The van der Waals surface area contributed by atoms with Crippen LogP contribution in [0.3, 0.4) is 0 Å². The zero-order valence-electron chi connectivity index (χ0n) is 9.08. The first-order valence-corrected chi connectivity index (χ1v) is 6.02. The Labute approximate surface area is 94.8 Å². The topological polar surface area (TPSA) is 12.0 Å². The van der Waals surface area contributed by atoms with E-state index in [1.807, 2.05) is 0 Å². The summed E-state index contributed by atoms with van der Waals surface area (Å²) < 4.78 is 0. The monoisotopic (exact) mass is 217 g/mol. The number of hydrogen-bond acceptors (Lipinski definition) is 2. The lowest BCUT2D eigenvalue weighted by molar-refractivity contribution is 1.16. The molecule has 15 heavy (non-hydrogen) atoms. The molecule has 1 N–H and O–H groups in total. The summed E-state index contributed by atoms with van der Waals surface area (Å²) in [5, 5.41) is 7.70. The minimum Gasteiger partial charge on any atom is -0.381 e. The molecule has 0 saturated heterocycles. The van der Waals surface area contributed by atoms with Gasteiger partial charge in [-0.1, -0.05) is 6.07 Å². The van der Waals surface area contributed by atoms with Gasteiger partial charge in [0.25, 0.3) is 0 Å². The number of nitrogens with one attached hydrogen (secondary N) is 1. The number of anilines is 1. The molecule has 0 aliphatic rings. The Morgan fingerprint density at radius 2 is 2.00 bits per heavy atom. The van der Waals surface area contributed by atoms with E-state index in [-0.39, 0.29) is 0 Å². The van der Waals surface area contributed by atoms with Crippen molar-refractivity contribution in [2.24, 2.45) is 0 Å². The van der Waals surface area contributed by atoms with Gasteiger partial charge in [0.1, 0.15) is 0 Å². The van der Waals surface area contributed by atoms with Crippen LogP contribution in [0.5, 0.6) is 0 Å². The largest absolute Gasteiger partial charge is 0.381 e. The van der Waals surface area contributed by atoms with E-state index in [0.717, 1.165) is 6.54 Å². The summed E-state index contributed by atoms with van der Waals surface area (Å²) in [5.74, 6) is 0. The summed E-state index contributed by atoms with van der Waals surface area (Å²) >= 11 is 1.74. The molecule has 0 spiro atoms. The molecule has 1 heterocycles. The van der Waals surface area contributed by atoms with Crippen LogP contribution in [-0.4, -0.2) is 0 Å². The number of hydrogen-bond donors (Lipinski definition) is 1. The van der Waals surface area contributed by atoms with Crippen molar-refractivity contribution in [1.29, 1.82) is 0 Å². The third-order valence-corrected chi connectivity index (χ3v) is 3.32. The van der Waals surface area contributed by atoms with Crippen LogP contribution in [0.25, 0.3) is 0 Å². The van der Waals surface area contributed by atoms with Crippen molar-refractivity contribution in [2.75, 3.05) is 5.32 Å². The van der Waals surface area contributed by atoms with Crippen molar-refractivity contribution in [1.82, 2.24) is 0 Å². The van der Waals surface area contributed by atoms with Gasteiger partial charge in [-0.3, -0.25) is 0 Å². The standard InChI is InChI=1S/C13H15NS/c1-10-3-4-13(7-11(10)2)14-8-12-5-6-15-9-12/h3-7,9,14H,8H2,1-2H3. The van der Waals surface area contributed by atoms with E-state index < -0.39 is 0 Å². The summed E-state index contributed by atoms with van der Waals surface area (Å²) in [6, 6.07) is 8.64. The van der Waals surface area contributed by atoms with Crippen LogP contribution >= 0.6 is 11.3 Å². The van der Waals surface area contributed by atoms with E-state index in [2.05, 4.69) is 54.2 Å². The Morgan fingerprint density at radius 3 is 2.67 bits per heavy atom. The van der Waals surface area contributed by atoms with Gasteiger partial charge < -0.3 is 5.32 Å². The lowest BCUT2D eigenvalue weighted by Crippen LogP contribution is -1.98. The maximum Gasteiger partial charge on any atom is 0.0409 e. The Bertz CT molecular complexity index is 432. The van der Waals surface area contributed by atoms with Gasteiger partial charge in [0.15, 0.2) is 0 Å². The van der Waals surface area contributed by atoms with Crippen molar-refractivity contribution < 1.29 is 0 Å². The highest BCUT2D eigenvalue weighted by molar-refractivity contribution is 7.07. The zero-order chi connectivity index (χ0) is 10.7. The van der Waals surface area contributed by atoms with Crippen LogP contribution in [0.4, 0.5) is 5.69 Å². The third-order valence-electron chi connectivity index (χ3n) is 2.58. The zero-order valence-corrected chi connectivity index (χ0v) is 9.90. The maximum atomic E-state index is 3.42. The molecule has 78 valence electrons. The number of benzene rings is 1. The molecule has 0 aliphatic heterocycles. The second kappa shape index (κ2) is 4.49. The molecular weight excluding hydrogens is 202 g/mol. The van der Waals surface area contributed by atoms with Crippen molar-refractivity contribution in [3.63, 3.8) is 0 Å². The van der Waals surface area contributed by atoms with Gasteiger partial charge in [0.05, 0.1) is 0 Å². The molecule has 2 rings (SSSR count). The van der Waals surface area contributed by atoms with Gasteiger partial charge in [0, 0.05) is 12.2 Å². The molecule has 1 aromatic carbocycles. The van der Waals surface area contributed by atoms with Gasteiger partial charge >= 0.3 is 0 Å². The van der Waals surface area contributed by atoms with E-state index in [4.69, 9.17) is 0 Å². The van der Waals surface area contributed by atoms with Crippen molar-refractivity contribution in [3.05, 3.63) is 51.7 Å². The second-order valence-electron chi connectivity index (χ2n) is 3.78. The molecule has 0 unspecified atom stereocenters. The molecule has 0 radical (unpaired) electrons. The van der Waals surface area contributed by atoms with E-state index in [1.165, 1.54) is 22.4 Å². The van der Waals surface area contributed by atoms with Crippen molar-refractivity contribution in [3.8, 4) is 0 Å². The summed E-state index contributed by atoms with van der Waals surface area (Å²) in [4.78, 5) is 0. The SMILES string of the molecule is Cc1ccc(NCc2ccsc2)cc1C. The fourth-order valence-electron chi connectivity index (χ4n) is 1.45. The summed E-state index contributed by atoms with van der Waals surface area (Å²) in [6.45, 7) is 5.19. The van der Waals surface area contributed by atoms with Gasteiger partial charge in [0.2, 0.25) is 0 Å². The maximum absolute atomic E-state index is 3.42. The Balaban J connectivity index is 2.02. The van der Waals surface area contributed by atoms with Crippen LogP contribution < -0.4 is 5.32 Å². The van der Waals surface area contributed by atoms with E-state index >= 15 is 0 Å². The van der Waals surface area contributed by atoms with Gasteiger partial charge in [-0.25, -0.2) is 0 Å². The molecule has 2 aromatic rings. The highest BCUT2D eigenvalue weighted by atomic mass is 32.1. The number of thiophene rings is 1. The Morgan fingerprint density at radius 1 is 1.13 bits per heavy atom. The average Bonchev–Trinajstić information content (AvgIpc) is 2.73. The van der Waals surface area contributed by atoms with E-state index in [1.54, 1.807) is 11.3 Å². The highest BCUT2D eigenvalue weighted by Crippen LogP contribution is 2.15. The molecule has 1 nitrogen and oxygen atoms in total. The Kier molecular flexibility index (Phi) is 3.07. The molecule has 0 aliphatic carbocycles. The van der Waals surface area contributed by atoms with E-state index in [0.29, 0.717) is 0 Å². The normalized spacial score (nSPS) is 10.3.